The lowest BCUT2D eigenvalue weighted by Crippen LogP contribution is -2.48. The van der Waals surface area contributed by atoms with Crippen molar-refractivity contribution in [2.24, 2.45) is 27.6 Å². The van der Waals surface area contributed by atoms with Crippen LogP contribution < -0.4 is 0 Å². The van der Waals surface area contributed by atoms with Crippen molar-refractivity contribution >= 4 is 11.9 Å². The molecule has 23 heavy (non-hydrogen) atoms. The quantitative estimate of drug-likeness (QED) is 0.714. The van der Waals surface area contributed by atoms with Gasteiger partial charge in [0.15, 0.2) is 0 Å². The van der Waals surface area contributed by atoms with E-state index in [4.69, 9.17) is 0 Å². The van der Waals surface area contributed by atoms with E-state index in [0.717, 1.165) is 0 Å². The summed E-state index contributed by atoms with van der Waals surface area (Å²) in [6.45, 7) is 17.7. The fourth-order valence-electron chi connectivity index (χ4n) is 3.63. The number of carbonyl (C=O) groups is 2. The fraction of sp³-hybridized carbons (Fsp3) is 0.895. The van der Waals surface area contributed by atoms with Gasteiger partial charge in [0.2, 0.25) is 0 Å². The number of aliphatic carboxylic acids is 2. The summed E-state index contributed by atoms with van der Waals surface area (Å²) < 4.78 is 0. The minimum Gasteiger partial charge on any atom is -0.481 e. The van der Waals surface area contributed by atoms with Crippen LogP contribution in [0.25, 0.3) is 0 Å². The van der Waals surface area contributed by atoms with Gasteiger partial charge in [-0.2, -0.15) is 0 Å². The molecule has 0 aromatic heterocycles. The van der Waals surface area contributed by atoms with Crippen LogP contribution in [0.2, 0.25) is 0 Å². The van der Waals surface area contributed by atoms with E-state index in [9.17, 15) is 19.8 Å². The molecule has 0 saturated heterocycles. The van der Waals surface area contributed by atoms with Gasteiger partial charge >= 0.3 is 11.9 Å². The predicted molar refractivity (Wildman–Crippen MR) is 93.4 cm³/mol. The summed E-state index contributed by atoms with van der Waals surface area (Å²) in [4.78, 5) is 24.4. The summed E-state index contributed by atoms with van der Waals surface area (Å²) in [6, 6.07) is 0. The highest BCUT2D eigenvalue weighted by Gasteiger charge is 2.53. The van der Waals surface area contributed by atoms with Crippen LogP contribution in [0.15, 0.2) is 0 Å². The molecule has 1 atom stereocenters. The first-order valence-electron chi connectivity index (χ1n) is 8.36. The van der Waals surface area contributed by atoms with E-state index in [2.05, 4.69) is 0 Å². The third-order valence-electron chi connectivity index (χ3n) is 3.90. The highest BCUT2D eigenvalue weighted by molar-refractivity contribution is 5.83. The number of carboxylic acids is 2. The van der Waals surface area contributed by atoms with Gasteiger partial charge in [-0.3, -0.25) is 9.59 Å². The molecule has 0 aromatic carbocycles. The molecule has 0 rings (SSSR count). The van der Waals surface area contributed by atoms with Gasteiger partial charge in [-0.1, -0.05) is 62.3 Å². The molecule has 0 amide bonds. The molecule has 0 aliphatic heterocycles. The fourth-order valence-corrected chi connectivity index (χ4v) is 3.63. The van der Waals surface area contributed by atoms with Crippen LogP contribution in [0.4, 0.5) is 0 Å². The van der Waals surface area contributed by atoms with Crippen LogP contribution in [-0.2, 0) is 9.59 Å². The first-order chi connectivity index (χ1) is 9.90. The van der Waals surface area contributed by atoms with Gasteiger partial charge in [0.1, 0.15) is 0 Å². The lowest BCUT2D eigenvalue weighted by Gasteiger charge is -2.44. The average Bonchev–Trinajstić information content (AvgIpc) is 2.18. The molecule has 0 aromatic rings. The highest BCUT2D eigenvalue weighted by atomic mass is 16.4. The first kappa shape index (κ1) is 21.9. The van der Waals surface area contributed by atoms with Gasteiger partial charge in [-0.05, 0) is 35.5 Å². The Morgan fingerprint density at radius 2 is 1.09 bits per heavy atom. The molecular formula is C19H36O4. The zero-order valence-electron chi connectivity index (χ0n) is 16.4. The molecule has 4 heteroatoms. The SMILES string of the molecule is CC(C)(C)CC(C(=O)O)C(CC(C)(C)C)(CC(C)(C)C)C(=O)O. The summed E-state index contributed by atoms with van der Waals surface area (Å²) >= 11 is 0. The van der Waals surface area contributed by atoms with E-state index in [1.807, 2.05) is 62.3 Å². The van der Waals surface area contributed by atoms with Crippen LogP contribution in [0.1, 0.15) is 81.6 Å². The van der Waals surface area contributed by atoms with Crippen LogP contribution >= 0.6 is 0 Å². The molecular weight excluding hydrogens is 292 g/mol. The summed E-state index contributed by atoms with van der Waals surface area (Å²) in [7, 11) is 0. The van der Waals surface area contributed by atoms with Crippen LogP contribution in [0, 0.1) is 27.6 Å². The van der Waals surface area contributed by atoms with Crippen molar-refractivity contribution in [2.75, 3.05) is 0 Å². The van der Waals surface area contributed by atoms with E-state index in [1.165, 1.54) is 0 Å². The molecule has 0 aliphatic rings. The maximum absolute atomic E-state index is 12.3. The molecule has 0 fully saturated rings. The van der Waals surface area contributed by atoms with Crippen molar-refractivity contribution in [3.05, 3.63) is 0 Å². The maximum atomic E-state index is 12.3. The van der Waals surface area contributed by atoms with Crippen LogP contribution in [0.5, 0.6) is 0 Å². The number of hydrogen-bond acceptors (Lipinski definition) is 2. The Kier molecular flexibility index (Phi) is 6.51. The van der Waals surface area contributed by atoms with E-state index in [1.54, 1.807) is 0 Å². The Morgan fingerprint density at radius 3 is 1.26 bits per heavy atom. The second-order valence-electron chi connectivity index (χ2n) is 10.6. The first-order valence-corrected chi connectivity index (χ1v) is 8.36. The van der Waals surface area contributed by atoms with Crippen LogP contribution in [0.3, 0.4) is 0 Å². The largest absolute Gasteiger partial charge is 0.481 e. The zero-order valence-corrected chi connectivity index (χ0v) is 16.4. The molecule has 0 spiro atoms. The van der Waals surface area contributed by atoms with Crippen molar-refractivity contribution in [3.8, 4) is 0 Å². The highest BCUT2D eigenvalue weighted by Crippen LogP contribution is 2.50. The Morgan fingerprint density at radius 1 is 0.739 bits per heavy atom. The zero-order chi connectivity index (χ0) is 18.9. The minimum absolute atomic E-state index is 0.250. The van der Waals surface area contributed by atoms with Gasteiger partial charge in [0, 0.05) is 0 Å². The summed E-state index contributed by atoms with van der Waals surface area (Å²) in [5.74, 6) is -2.90. The molecule has 0 bridgehead atoms. The van der Waals surface area contributed by atoms with Gasteiger partial charge in [0.25, 0.3) is 0 Å². The topological polar surface area (TPSA) is 74.6 Å². The normalized spacial score (nSPS) is 15.3. The Bertz CT molecular complexity index is 414. The molecule has 0 heterocycles. The maximum Gasteiger partial charge on any atom is 0.310 e. The molecule has 1 unspecified atom stereocenters. The van der Waals surface area contributed by atoms with Crippen LogP contribution in [-0.4, -0.2) is 22.2 Å². The number of hydrogen-bond donors (Lipinski definition) is 2. The molecule has 136 valence electrons. The average molecular weight is 328 g/mol. The number of carboxylic acid groups (broad SMARTS) is 2. The van der Waals surface area contributed by atoms with Crippen molar-refractivity contribution in [2.45, 2.75) is 81.6 Å². The summed E-state index contributed by atoms with van der Waals surface area (Å²) in [6.07, 6.45) is 1.04. The van der Waals surface area contributed by atoms with Gasteiger partial charge < -0.3 is 10.2 Å². The second kappa shape index (κ2) is 6.82. The van der Waals surface area contributed by atoms with Gasteiger partial charge in [-0.25, -0.2) is 0 Å². The van der Waals surface area contributed by atoms with Crippen molar-refractivity contribution < 1.29 is 19.8 Å². The molecule has 0 radical (unpaired) electrons. The third kappa shape index (κ3) is 7.36. The monoisotopic (exact) mass is 328 g/mol. The Hall–Kier alpha value is -1.06. The van der Waals surface area contributed by atoms with E-state index < -0.39 is 23.3 Å². The molecule has 0 saturated carbocycles. The van der Waals surface area contributed by atoms with Crippen molar-refractivity contribution in [1.82, 2.24) is 0 Å². The lowest BCUT2D eigenvalue weighted by molar-refractivity contribution is -0.170. The summed E-state index contributed by atoms with van der Waals surface area (Å²) in [5, 5.41) is 20.0. The van der Waals surface area contributed by atoms with Crippen molar-refractivity contribution in [1.29, 1.82) is 0 Å². The van der Waals surface area contributed by atoms with Gasteiger partial charge in [-0.15, -0.1) is 0 Å². The third-order valence-corrected chi connectivity index (χ3v) is 3.90. The van der Waals surface area contributed by atoms with E-state index in [-0.39, 0.29) is 16.2 Å². The number of rotatable bonds is 6. The van der Waals surface area contributed by atoms with Gasteiger partial charge in [0.05, 0.1) is 11.3 Å². The molecule has 2 N–H and O–H groups in total. The molecule has 0 aliphatic carbocycles. The van der Waals surface area contributed by atoms with Crippen molar-refractivity contribution in [3.63, 3.8) is 0 Å². The smallest absolute Gasteiger partial charge is 0.310 e. The van der Waals surface area contributed by atoms with E-state index >= 15 is 0 Å². The Labute approximate surface area is 141 Å². The lowest BCUT2D eigenvalue weighted by atomic mass is 9.58. The molecule has 4 nitrogen and oxygen atoms in total. The standard InChI is InChI=1S/C19H36O4/c1-16(2,3)10-13(14(20)21)19(15(22)23,11-17(4,5)6)12-18(7,8)9/h13H,10-12H2,1-9H3,(H,20,21)(H,22,23). The summed E-state index contributed by atoms with van der Waals surface area (Å²) in [5.41, 5.74) is -2.06. The predicted octanol–water partition coefficient (Wildman–Crippen LogP) is 5.07. The van der Waals surface area contributed by atoms with E-state index in [0.29, 0.717) is 19.3 Å². The Balaban J connectivity index is 6.22. The minimum atomic E-state index is -1.27. The second-order valence-corrected chi connectivity index (χ2v) is 10.6.